The fourth-order valence-electron chi connectivity index (χ4n) is 4.52. The van der Waals surface area contributed by atoms with Crippen LogP contribution in [0.3, 0.4) is 0 Å². The molecule has 0 fully saturated rings. The molecule has 2 amide bonds. The molecule has 156 valence electrons. The predicted molar refractivity (Wildman–Crippen MR) is 121 cm³/mol. The number of nitrogens with one attached hydrogen (secondary N) is 1. The Kier molecular flexibility index (Phi) is 4.41. The van der Waals surface area contributed by atoms with Gasteiger partial charge in [0.25, 0.3) is 0 Å². The van der Waals surface area contributed by atoms with Crippen molar-refractivity contribution in [2.24, 2.45) is 0 Å². The van der Waals surface area contributed by atoms with E-state index in [4.69, 9.17) is 23.2 Å². The summed E-state index contributed by atoms with van der Waals surface area (Å²) in [6.07, 6.45) is -0.141. The largest absolute Gasteiger partial charge is 0.477 e. The molecule has 2 aliphatic heterocycles. The first kappa shape index (κ1) is 20.1. The van der Waals surface area contributed by atoms with Crippen molar-refractivity contribution in [3.8, 4) is 11.1 Å². The first-order chi connectivity index (χ1) is 14.8. The molecular weight excluding hydrogens is 459 g/mol. The van der Waals surface area contributed by atoms with Gasteiger partial charge in [-0.15, -0.1) is 11.3 Å². The number of nitrogens with zero attached hydrogens (tertiary/aromatic N) is 1. The van der Waals surface area contributed by atoms with E-state index in [-0.39, 0.29) is 23.1 Å². The third kappa shape index (κ3) is 2.60. The highest BCUT2D eigenvalue weighted by Crippen LogP contribution is 2.58. The van der Waals surface area contributed by atoms with Crippen molar-refractivity contribution in [3.63, 3.8) is 0 Å². The molecule has 0 radical (unpaired) electrons. The number of carbonyl (C=O) groups excluding carboxylic acids is 2. The van der Waals surface area contributed by atoms with Crippen LogP contribution in [0.5, 0.6) is 0 Å². The lowest BCUT2D eigenvalue weighted by molar-refractivity contribution is -0.126. The molecule has 1 spiro atoms. The van der Waals surface area contributed by atoms with E-state index in [9.17, 15) is 19.5 Å². The maximum atomic E-state index is 13.6. The summed E-state index contributed by atoms with van der Waals surface area (Å²) in [5.74, 6) is -1.87. The number of carboxylic acid groups (broad SMARTS) is 1. The molecule has 0 bridgehead atoms. The first-order valence-corrected chi connectivity index (χ1v) is 10.9. The maximum absolute atomic E-state index is 13.6. The van der Waals surface area contributed by atoms with Gasteiger partial charge in [-0.3, -0.25) is 9.59 Å². The van der Waals surface area contributed by atoms with Gasteiger partial charge in [-0.25, -0.2) is 4.79 Å². The van der Waals surface area contributed by atoms with E-state index in [1.54, 1.807) is 49.5 Å². The second-order valence-electron chi connectivity index (χ2n) is 7.43. The smallest absolute Gasteiger partial charge is 0.346 e. The monoisotopic (exact) mass is 472 g/mol. The number of aromatic carboxylic acids is 1. The lowest BCUT2D eigenvalue weighted by Crippen LogP contribution is -2.45. The Labute approximate surface area is 191 Å². The van der Waals surface area contributed by atoms with Gasteiger partial charge in [0.2, 0.25) is 11.8 Å². The summed E-state index contributed by atoms with van der Waals surface area (Å²) in [5.41, 5.74) is 0.854. The van der Waals surface area contributed by atoms with Crippen LogP contribution in [-0.2, 0) is 15.0 Å². The van der Waals surface area contributed by atoms with Gasteiger partial charge in [0.1, 0.15) is 10.3 Å². The number of hydrogen-bond donors (Lipinski definition) is 2. The molecule has 0 aliphatic carbocycles. The number of hydrogen-bond acceptors (Lipinski definition) is 4. The fourth-order valence-corrected chi connectivity index (χ4v) is 6.36. The lowest BCUT2D eigenvalue weighted by Gasteiger charge is -2.32. The maximum Gasteiger partial charge on any atom is 0.346 e. The molecule has 6 nitrogen and oxygen atoms in total. The van der Waals surface area contributed by atoms with E-state index in [0.29, 0.717) is 43.0 Å². The first-order valence-electron chi connectivity index (χ1n) is 9.30. The van der Waals surface area contributed by atoms with Gasteiger partial charge in [0.15, 0.2) is 0 Å². The minimum Gasteiger partial charge on any atom is -0.477 e. The number of anilines is 2. The Morgan fingerprint density at radius 2 is 1.84 bits per heavy atom. The van der Waals surface area contributed by atoms with Crippen molar-refractivity contribution in [3.05, 3.63) is 67.8 Å². The van der Waals surface area contributed by atoms with Gasteiger partial charge in [-0.2, -0.15) is 0 Å². The summed E-state index contributed by atoms with van der Waals surface area (Å²) >= 11 is 13.8. The number of amides is 2. The zero-order chi connectivity index (χ0) is 22.1. The number of benzene rings is 2. The van der Waals surface area contributed by atoms with E-state index in [1.807, 2.05) is 0 Å². The number of thiophene rings is 1. The highest BCUT2D eigenvalue weighted by molar-refractivity contribution is 7.15. The zero-order valence-corrected chi connectivity index (χ0v) is 18.4. The van der Waals surface area contributed by atoms with E-state index in [1.165, 1.54) is 4.90 Å². The number of carboxylic acids is 1. The lowest BCUT2D eigenvalue weighted by atomic mass is 9.74. The number of halogens is 2. The number of para-hydroxylation sites is 1. The number of fused-ring (bicyclic) bond motifs is 4. The third-order valence-electron chi connectivity index (χ3n) is 5.78. The molecule has 0 saturated heterocycles. The van der Waals surface area contributed by atoms with Gasteiger partial charge >= 0.3 is 5.97 Å². The van der Waals surface area contributed by atoms with Crippen LogP contribution in [0.25, 0.3) is 11.1 Å². The summed E-state index contributed by atoms with van der Waals surface area (Å²) in [6.45, 7) is 0. The van der Waals surface area contributed by atoms with Crippen LogP contribution in [0.1, 0.15) is 26.5 Å². The molecule has 2 aliphatic rings. The van der Waals surface area contributed by atoms with Crippen molar-refractivity contribution in [2.45, 2.75) is 11.8 Å². The van der Waals surface area contributed by atoms with Crippen molar-refractivity contribution in [1.82, 2.24) is 0 Å². The summed E-state index contributed by atoms with van der Waals surface area (Å²) in [7, 11) is 1.61. The van der Waals surface area contributed by atoms with Crippen molar-refractivity contribution >= 4 is 63.7 Å². The zero-order valence-electron chi connectivity index (χ0n) is 16.0. The Hall–Kier alpha value is -2.87. The molecule has 31 heavy (non-hydrogen) atoms. The van der Waals surface area contributed by atoms with Crippen molar-refractivity contribution < 1.29 is 19.5 Å². The van der Waals surface area contributed by atoms with Crippen LogP contribution in [0.4, 0.5) is 11.4 Å². The Morgan fingerprint density at radius 1 is 1.13 bits per heavy atom. The molecule has 1 aromatic heterocycles. The molecule has 0 saturated carbocycles. The molecule has 3 aromatic rings. The minimum absolute atomic E-state index is 0.00519. The van der Waals surface area contributed by atoms with Gasteiger partial charge in [-0.1, -0.05) is 53.5 Å². The molecule has 3 heterocycles. The van der Waals surface area contributed by atoms with Crippen LogP contribution < -0.4 is 10.2 Å². The number of likely N-dealkylation sites (N-methyl/N-ethyl adjacent to an activating group) is 1. The number of rotatable bonds is 2. The van der Waals surface area contributed by atoms with Crippen LogP contribution in [-0.4, -0.2) is 29.9 Å². The summed E-state index contributed by atoms with van der Waals surface area (Å²) in [6, 6.07) is 12.0. The Balaban J connectivity index is 1.89. The standard InChI is InChI=1S/C22H14Cl2N2O4S/c1-26-17-11(6-4-8-13(17)24)22(21(26)30)9-14(27)25-16-15(10-5-2-3-7-12(10)23)18(20(28)29)31-19(16)22/h2-8H,9H2,1H3,(H,25,27)(H,28,29)/t22-/m0/s1. The predicted octanol–water partition coefficient (Wildman–Crippen LogP) is 5.02. The van der Waals surface area contributed by atoms with Crippen molar-refractivity contribution in [1.29, 1.82) is 0 Å². The third-order valence-corrected chi connectivity index (χ3v) is 7.75. The van der Waals surface area contributed by atoms with E-state index < -0.39 is 11.4 Å². The van der Waals surface area contributed by atoms with Gasteiger partial charge in [0, 0.05) is 23.2 Å². The Morgan fingerprint density at radius 3 is 2.55 bits per heavy atom. The van der Waals surface area contributed by atoms with Crippen molar-refractivity contribution in [2.75, 3.05) is 17.3 Å². The normalized spacial score (nSPS) is 19.4. The van der Waals surface area contributed by atoms with Crippen LogP contribution in [0.2, 0.25) is 10.0 Å². The van der Waals surface area contributed by atoms with Crippen LogP contribution in [0.15, 0.2) is 42.5 Å². The summed E-state index contributed by atoms with van der Waals surface area (Å²) < 4.78 is 0. The molecule has 0 unspecified atom stereocenters. The molecule has 1 atom stereocenters. The van der Waals surface area contributed by atoms with E-state index >= 15 is 0 Å². The summed E-state index contributed by atoms with van der Waals surface area (Å²) in [5, 5.41) is 13.5. The van der Waals surface area contributed by atoms with Gasteiger partial charge in [0.05, 0.1) is 27.7 Å². The van der Waals surface area contributed by atoms with E-state index in [0.717, 1.165) is 11.3 Å². The van der Waals surface area contributed by atoms with Gasteiger partial charge < -0.3 is 15.3 Å². The van der Waals surface area contributed by atoms with E-state index in [2.05, 4.69) is 5.32 Å². The molecule has 2 N–H and O–H groups in total. The second kappa shape index (κ2) is 6.82. The average Bonchev–Trinajstić information content (AvgIpc) is 3.20. The fraction of sp³-hybridized carbons (Fsp3) is 0.136. The van der Waals surface area contributed by atoms with Gasteiger partial charge in [-0.05, 0) is 17.7 Å². The topological polar surface area (TPSA) is 86.7 Å². The molecular formula is C22H14Cl2N2O4S. The molecule has 2 aromatic carbocycles. The second-order valence-corrected chi connectivity index (χ2v) is 9.26. The summed E-state index contributed by atoms with van der Waals surface area (Å²) in [4.78, 5) is 40.6. The van der Waals surface area contributed by atoms with Crippen LogP contribution in [0, 0.1) is 0 Å². The molecule has 9 heteroatoms. The average molecular weight is 473 g/mol. The van der Waals surface area contributed by atoms with Crippen LogP contribution >= 0.6 is 34.5 Å². The Bertz CT molecular complexity index is 1320. The number of carbonyl (C=O) groups is 3. The quantitative estimate of drug-likeness (QED) is 0.547. The SMILES string of the molecule is CN1C(=O)[C@@]2(CC(=O)Nc3c2sc(C(=O)O)c3-c2ccccc2Cl)c2cccc(Cl)c21. The highest BCUT2D eigenvalue weighted by Gasteiger charge is 2.57. The minimum atomic E-state index is -1.35. The molecule has 5 rings (SSSR count). The highest BCUT2D eigenvalue weighted by atomic mass is 35.5.